The molecule has 0 heterocycles. The molecule has 0 amide bonds. The molecule has 2 nitrogen and oxygen atoms in total. The summed E-state index contributed by atoms with van der Waals surface area (Å²) >= 11 is 0. The van der Waals surface area contributed by atoms with Gasteiger partial charge in [0, 0.05) is 12.0 Å². The van der Waals surface area contributed by atoms with Crippen LogP contribution < -0.4 is 5.73 Å². The first-order valence-corrected chi connectivity index (χ1v) is 6.78. The van der Waals surface area contributed by atoms with Gasteiger partial charge >= 0.3 is 0 Å². The molecule has 0 unspecified atom stereocenters. The number of hydrogen-bond donors (Lipinski definition) is 1. The minimum absolute atomic E-state index is 0.253. The molecule has 0 saturated heterocycles. The fourth-order valence-electron chi connectivity index (χ4n) is 1.46. The smallest absolute Gasteiger partial charge is 0.162 e. The summed E-state index contributed by atoms with van der Waals surface area (Å²) in [7, 11) is 0. The molecule has 0 rings (SSSR count). The van der Waals surface area contributed by atoms with Crippen LogP contribution in [0.15, 0.2) is 23.8 Å². The summed E-state index contributed by atoms with van der Waals surface area (Å²) in [6.07, 6.45) is 10.6. The maximum absolute atomic E-state index is 11.7. The Bertz CT molecular complexity index is 229. The standard InChI is InChI=1S/C13H23NO.C2H6/c1-3-9-12(4-2)13(15)10-7-5-6-8-11-14;1-2/h3-4,9H,5-8,10-11,14H2,1-2H3;1-2H3/b9-3-,12-4+;. The molecule has 0 fully saturated rings. The van der Waals surface area contributed by atoms with E-state index in [1.54, 1.807) is 0 Å². The Hall–Kier alpha value is -0.890. The highest BCUT2D eigenvalue weighted by atomic mass is 16.1. The molecule has 100 valence electrons. The van der Waals surface area contributed by atoms with Gasteiger partial charge in [-0.3, -0.25) is 4.79 Å². The summed E-state index contributed by atoms with van der Waals surface area (Å²) in [5, 5.41) is 0. The molecule has 0 aliphatic rings. The molecule has 17 heavy (non-hydrogen) atoms. The number of ketones is 1. The van der Waals surface area contributed by atoms with Gasteiger partial charge in [-0.15, -0.1) is 0 Å². The van der Waals surface area contributed by atoms with Gasteiger partial charge in [-0.1, -0.05) is 44.9 Å². The fraction of sp³-hybridized carbons (Fsp3) is 0.667. The predicted molar refractivity (Wildman–Crippen MR) is 77.1 cm³/mol. The van der Waals surface area contributed by atoms with Gasteiger partial charge in [-0.2, -0.15) is 0 Å². The number of Topliss-reactive ketones (excluding diaryl/α,β-unsaturated/α-hetero) is 1. The summed E-state index contributed by atoms with van der Waals surface area (Å²) in [6, 6.07) is 0. The maximum atomic E-state index is 11.7. The number of carbonyl (C=O) groups excluding carboxylic acids is 1. The fourth-order valence-corrected chi connectivity index (χ4v) is 1.46. The summed E-state index contributed by atoms with van der Waals surface area (Å²) in [5.41, 5.74) is 6.22. The van der Waals surface area contributed by atoms with Crippen LogP contribution in [0.25, 0.3) is 0 Å². The Balaban J connectivity index is 0. The minimum Gasteiger partial charge on any atom is -0.330 e. The van der Waals surface area contributed by atoms with Gasteiger partial charge in [0.05, 0.1) is 0 Å². The summed E-state index contributed by atoms with van der Waals surface area (Å²) < 4.78 is 0. The van der Waals surface area contributed by atoms with E-state index in [0.717, 1.165) is 37.8 Å². The average molecular weight is 239 g/mol. The Kier molecular flexibility index (Phi) is 16.4. The highest BCUT2D eigenvalue weighted by Gasteiger charge is 2.04. The van der Waals surface area contributed by atoms with Gasteiger partial charge in [0.25, 0.3) is 0 Å². The summed E-state index contributed by atoms with van der Waals surface area (Å²) in [6.45, 7) is 8.59. The van der Waals surface area contributed by atoms with Gasteiger partial charge in [0.15, 0.2) is 5.78 Å². The quantitative estimate of drug-likeness (QED) is 0.395. The van der Waals surface area contributed by atoms with Gasteiger partial charge in [0.2, 0.25) is 0 Å². The first kappa shape index (κ1) is 18.5. The van der Waals surface area contributed by atoms with Crippen molar-refractivity contribution in [3.05, 3.63) is 23.8 Å². The number of allylic oxidation sites excluding steroid dienone is 4. The second-order valence-electron chi connectivity index (χ2n) is 3.62. The number of carbonyl (C=O) groups is 1. The van der Waals surface area contributed by atoms with E-state index in [9.17, 15) is 4.79 Å². The Morgan fingerprint density at radius 3 is 2.12 bits per heavy atom. The third-order valence-corrected chi connectivity index (χ3v) is 2.34. The lowest BCUT2D eigenvalue weighted by Crippen LogP contribution is -2.01. The Morgan fingerprint density at radius 1 is 1.06 bits per heavy atom. The van der Waals surface area contributed by atoms with E-state index < -0.39 is 0 Å². The third kappa shape index (κ3) is 11.4. The van der Waals surface area contributed by atoms with Crippen molar-refractivity contribution in [3.8, 4) is 0 Å². The molecule has 0 aromatic rings. The molecule has 0 aromatic heterocycles. The van der Waals surface area contributed by atoms with Gasteiger partial charge in [-0.25, -0.2) is 0 Å². The number of rotatable bonds is 8. The predicted octanol–water partition coefficient (Wildman–Crippen LogP) is 4.01. The van der Waals surface area contributed by atoms with Crippen molar-refractivity contribution in [2.45, 2.75) is 59.8 Å². The lowest BCUT2D eigenvalue weighted by molar-refractivity contribution is -0.115. The first-order chi connectivity index (χ1) is 8.26. The zero-order valence-corrected chi connectivity index (χ0v) is 12.0. The molecular weight excluding hydrogens is 210 g/mol. The van der Waals surface area contributed by atoms with Gasteiger partial charge in [-0.05, 0) is 33.2 Å². The molecular formula is C15H29NO. The topological polar surface area (TPSA) is 43.1 Å². The van der Waals surface area contributed by atoms with E-state index in [2.05, 4.69) is 0 Å². The normalized spacial score (nSPS) is 11.2. The number of hydrogen-bond acceptors (Lipinski definition) is 2. The van der Waals surface area contributed by atoms with Crippen LogP contribution in [-0.4, -0.2) is 12.3 Å². The largest absolute Gasteiger partial charge is 0.330 e. The zero-order valence-electron chi connectivity index (χ0n) is 12.0. The average Bonchev–Trinajstić information content (AvgIpc) is 2.37. The molecule has 0 spiro atoms. The van der Waals surface area contributed by atoms with E-state index in [1.807, 2.05) is 45.9 Å². The van der Waals surface area contributed by atoms with E-state index in [4.69, 9.17) is 5.73 Å². The second kappa shape index (κ2) is 15.1. The molecule has 0 radical (unpaired) electrons. The molecule has 0 bridgehead atoms. The van der Waals surface area contributed by atoms with Crippen molar-refractivity contribution < 1.29 is 4.79 Å². The molecule has 2 heteroatoms. The van der Waals surface area contributed by atoms with E-state index in [0.29, 0.717) is 6.42 Å². The monoisotopic (exact) mass is 239 g/mol. The van der Waals surface area contributed by atoms with Crippen LogP contribution in [0.5, 0.6) is 0 Å². The molecule has 0 atom stereocenters. The van der Waals surface area contributed by atoms with Crippen molar-refractivity contribution in [2.75, 3.05) is 6.54 Å². The van der Waals surface area contributed by atoms with E-state index in [1.165, 1.54) is 0 Å². The molecule has 2 N–H and O–H groups in total. The van der Waals surface area contributed by atoms with Crippen LogP contribution in [-0.2, 0) is 4.79 Å². The highest BCUT2D eigenvalue weighted by Crippen LogP contribution is 2.08. The highest BCUT2D eigenvalue weighted by molar-refractivity contribution is 5.97. The van der Waals surface area contributed by atoms with Crippen molar-refractivity contribution in [1.29, 1.82) is 0 Å². The minimum atomic E-state index is 0.253. The number of nitrogens with two attached hydrogens (primary N) is 1. The lowest BCUT2D eigenvalue weighted by Gasteiger charge is -2.01. The first-order valence-electron chi connectivity index (χ1n) is 6.78. The van der Waals surface area contributed by atoms with Crippen molar-refractivity contribution >= 4 is 5.78 Å². The summed E-state index contributed by atoms with van der Waals surface area (Å²) in [4.78, 5) is 11.7. The van der Waals surface area contributed by atoms with Crippen LogP contribution in [0.3, 0.4) is 0 Å². The molecule has 0 saturated carbocycles. The maximum Gasteiger partial charge on any atom is 0.162 e. The van der Waals surface area contributed by atoms with Crippen molar-refractivity contribution in [3.63, 3.8) is 0 Å². The van der Waals surface area contributed by atoms with Crippen molar-refractivity contribution in [1.82, 2.24) is 0 Å². The molecule has 0 aliphatic heterocycles. The molecule has 0 aromatic carbocycles. The van der Waals surface area contributed by atoms with Crippen LogP contribution >= 0.6 is 0 Å². The van der Waals surface area contributed by atoms with E-state index >= 15 is 0 Å². The summed E-state index contributed by atoms with van der Waals surface area (Å²) in [5.74, 6) is 0.253. The Morgan fingerprint density at radius 2 is 1.65 bits per heavy atom. The Labute approximate surface area is 107 Å². The third-order valence-electron chi connectivity index (χ3n) is 2.34. The SMILES string of the molecule is C/C=C\C(=C/C)C(=O)CCCCCCN.CC. The van der Waals surface area contributed by atoms with Crippen LogP contribution in [0, 0.1) is 0 Å². The lowest BCUT2D eigenvalue weighted by atomic mass is 10.0. The second-order valence-corrected chi connectivity index (χ2v) is 3.62. The van der Waals surface area contributed by atoms with Crippen LogP contribution in [0.4, 0.5) is 0 Å². The molecule has 0 aliphatic carbocycles. The van der Waals surface area contributed by atoms with E-state index in [-0.39, 0.29) is 5.78 Å². The van der Waals surface area contributed by atoms with Crippen molar-refractivity contribution in [2.24, 2.45) is 5.73 Å². The van der Waals surface area contributed by atoms with Gasteiger partial charge < -0.3 is 5.73 Å². The zero-order chi connectivity index (χ0) is 13.5. The van der Waals surface area contributed by atoms with Crippen LogP contribution in [0.2, 0.25) is 0 Å². The van der Waals surface area contributed by atoms with Crippen LogP contribution in [0.1, 0.15) is 59.8 Å². The van der Waals surface area contributed by atoms with Gasteiger partial charge in [0.1, 0.15) is 0 Å². The number of unbranched alkanes of at least 4 members (excludes halogenated alkanes) is 3.